The van der Waals surface area contributed by atoms with Gasteiger partial charge in [0, 0.05) is 13.1 Å². The molecule has 2 heterocycles. The molecule has 7 nitrogen and oxygen atoms in total. The molecule has 0 bridgehead atoms. The maximum Gasteiger partial charge on any atom is 0.326 e. The van der Waals surface area contributed by atoms with Crippen molar-refractivity contribution in [2.75, 3.05) is 13.1 Å². The molecule has 2 N–H and O–H groups in total. The van der Waals surface area contributed by atoms with E-state index >= 15 is 0 Å². The van der Waals surface area contributed by atoms with Crippen LogP contribution in [0.1, 0.15) is 18.4 Å². The predicted molar refractivity (Wildman–Crippen MR) is 104 cm³/mol. The number of likely N-dealkylation sites (tertiary alicyclic amines) is 1. The minimum atomic E-state index is -0.977. The Labute approximate surface area is 161 Å². The zero-order chi connectivity index (χ0) is 19.7. The molecule has 0 atom stereocenters. The minimum absolute atomic E-state index is 0.0613. The van der Waals surface area contributed by atoms with Crippen molar-refractivity contribution < 1.29 is 14.7 Å². The van der Waals surface area contributed by atoms with Gasteiger partial charge in [0.1, 0.15) is 6.54 Å². The number of aliphatic carboxylic acids is 1. The number of carbonyl (C=O) groups excluding carboxylic acids is 1. The number of H-pyrrole nitrogens is 1. The summed E-state index contributed by atoms with van der Waals surface area (Å²) in [6.45, 7) is 0.628. The molecule has 1 amide bonds. The summed E-state index contributed by atoms with van der Waals surface area (Å²) in [4.78, 5) is 41.4. The number of carboxylic acids is 1. The average molecular weight is 379 g/mol. The standard InChI is InChI=1S/C21H21N3O4/c25-18(14-24-17-9-5-4-8-16(17)22-20(24)28)23-12-10-21(11-13-23,19(26)27)15-6-2-1-3-7-15/h1-9H,10-14H2,(H,22,28)(H,26,27). The van der Waals surface area contributed by atoms with Crippen LogP contribution in [0.15, 0.2) is 59.4 Å². The van der Waals surface area contributed by atoms with Crippen LogP contribution in [0.2, 0.25) is 0 Å². The number of aromatic amines is 1. The highest BCUT2D eigenvalue weighted by molar-refractivity contribution is 5.83. The Bertz CT molecular complexity index is 1080. The van der Waals surface area contributed by atoms with E-state index in [4.69, 9.17) is 0 Å². The summed E-state index contributed by atoms with van der Waals surface area (Å²) in [5.41, 5.74) is 0.837. The smallest absolute Gasteiger partial charge is 0.326 e. The highest BCUT2D eigenvalue weighted by Crippen LogP contribution is 2.36. The van der Waals surface area contributed by atoms with E-state index in [9.17, 15) is 19.5 Å². The quantitative estimate of drug-likeness (QED) is 0.725. The number of nitrogens with zero attached hydrogens (tertiary/aromatic N) is 2. The third-order valence-corrected chi connectivity index (χ3v) is 5.68. The van der Waals surface area contributed by atoms with Gasteiger partial charge in [-0.1, -0.05) is 42.5 Å². The van der Waals surface area contributed by atoms with Crippen LogP contribution in [0, 0.1) is 0 Å². The van der Waals surface area contributed by atoms with Gasteiger partial charge in [-0.15, -0.1) is 0 Å². The molecule has 1 saturated heterocycles. The van der Waals surface area contributed by atoms with Gasteiger partial charge in [0.15, 0.2) is 0 Å². The summed E-state index contributed by atoms with van der Waals surface area (Å²) < 4.78 is 1.42. The average Bonchev–Trinajstić information content (AvgIpc) is 3.03. The minimum Gasteiger partial charge on any atom is -0.481 e. The molecule has 1 aliphatic rings. The van der Waals surface area contributed by atoms with Gasteiger partial charge in [-0.3, -0.25) is 14.2 Å². The topological polar surface area (TPSA) is 95.4 Å². The van der Waals surface area contributed by atoms with E-state index in [1.54, 1.807) is 17.0 Å². The van der Waals surface area contributed by atoms with Gasteiger partial charge in [-0.05, 0) is 30.5 Å². The highest BCUT2D eigenvalue weighted by Gasteiger charge is 2.43. The first kappa shape index (κ1) is 18.0. The Hall–Kier alpha value is -3.35. The molecule has 7 heteroatoms. The van der Waals surface area contributed by atoms with Crippen LogP contribution in [0.25, 0.3) is 11.0 Å². The van der Waals surface area contributed by atoms with Crippen molar-refractivity contribution in [1.82, 2.24) is 14.5 Å². The van der Waals surface area contributed by atoms with Crippen molar-refractivity contribution in [3.63, 3.8) is 0 Å². The number of imidazole rings is 1. The first-order valence-electron chi connectivity index (χ1n) is 9.25. The lowest BCUT2D eigenvalue weighted by Gasteiger charge is -2.39. The van der Waals surface area contributed by atoms with Gasteiger partial charge in [-0.25, -0.2) is 4.79 Å². The maximum atomic E-state index is 12.8. The predicted octanol–water partition coefficient (Wildman–Crippen LogP) is 1.97. The number of para-hydroxylation sites is 2. The second-order valence-corrected chi connectivity index (χ2v) is 7.17. The van der Waals surface area contributed by atoms with Crippen LogP contribution in [-0.4, -0.2) is 44.5 Å². The van der Waals surface area contributed by atoms with Gasteiger partial charge in [0.25, 0.3) is 0 Å². The number of piperidine rings is 1. The lowest BCUT2D eigenvalue weighted by molar-refractivity contribution is -0.148. The maximum absolute atomic E-state index is 12.8. The molecule has 0 aliphatic carbocycles. The van der Waals surface area contributed by atoms with Crippen molar-refractivity contribution in [3.8, 4) is 0 Å². The molecule has 2 aromatic carbocycles. The monoisotopic (exact) mass is 379 g/mol. The number of carboxylic acid groups (broad SMARTS) is 1. The first-order valence-corrected chi connectivity index (χ1v) is 9.25. The first-order chi connectivity index (χ1) is 13.5. The molecule has 28 heavy (non-hydrogen) atoms. The molecule has 3 aromatic rings. The second kappa shape index (κ2) is 6.99. The number of carbonyl (C=O) groups is 2. The van der Waals surface area contributed by atoms with E-state index in [0.29, 0.717) is 37.0 Å². The van der Waals surface area contributed by atoms with Gasteiger partial charge < -0.3 is 15.0 Å². The van der Waals surface area contributed by atoms with Gasteiger partial charge in [0.2, 0.25) is 5.91 Å². The molecular formula is C21H21N3O4. The zero-order valence-corrected chi connectivity index (χ0v) is 15.3. The van der Waals surface area contributed by atoms with E-state index in [1.165, 1.54) is 4.57 Å². The molecule has 0 unspecified atom stereocenters. The van der Waals surface area contributed by atoms with Crippen LogP contribution in [0.4, 0.5) is 0 Å². The number of hydrogen-bond donors (Lipinski definition) is 2. The third-order valence-electron chi connectivity index (χ3n) is 5.68. The SMILES string of the molecule is O=C(Cn1c(=O)[nH]c2ccccc21)N1CCC(C(=O)O)(c2ccccc2)CC1. The fraction of sp³-hybridized carbons (Fsp3) is 0.286. The second-order valence-electron chi connectivity index (χ2n) is 7.17. The van der Waals surface area contributed by atoms with Gasteiger partial charge in [0.05, 0.1) is 16.4 Å². The molecule has 0 saturated carbocycles. The van der Waals surface area contributed by atoms with Crippen molar-refractivity contribution in [2.45, 2.75) is 24.8 Å². The van der Waals surface area contributed by atoms with Gasteiger partial charge >= 0.3 is 11.7 Å². The molecule has 0 spiro atoms. The Kier molecular flexibility index (Phi) is 4.50. The number of hydrogen-bond acceptors (Lipinski definition) is 3. The van der Waals surface area contributed by atoms with Crippen molar-refractivity contribution in [3.05, 3.63) is 70.6 Å². The molecule has 144 valence electrons. The molecule has 1 aliphatic heterocycles. The van der Waals surface area contributed by atoms with Gasteiger partial charge in [-0.2, -0.15) is 0 Å². The lowest BCUT2D eigenvalue weighted by Crippen LogP contribution is -2.50. The molecule has 1 fully saturated rings. The van der Waals surface area contributed by atoms with E-state index in [0.717, 1.165) is 5.56 Å². The number of fused-ring (bicyclic) bond motifs is 1. The molecular weight excluding hydrogens is 358 g/mol. The normalized spacial score (nSPS) is 16.2. The number of amides is 1. The van der Waals surface area contributed by atoms with Crippen LogP contribution in [-0.2, 0) is 21.5 Å². The molecule has 1 aromatic heterocycles. The van der Waals surface area contributed by atoms with Crippen LogP contribution in [0.3, 0.4) is 0 Å². The summed E-state index contributed by atoms with van der Waals surface area (Å²) >= 11 is 0. The van der Waals surface area contributed by atoms with Crippen LogP contribution in [0.5, 0.6) is 0 Å². The zero-order valence-electron chi connectivity index (χ0n) is 15.3. The summed E-state index contributed by atoms with van der Waals surface area (Å²) in [5.74, 6) is -1.04. The molecule has 0 radical (unpaired) electrons. The Morgan fingerprint density at radius 3 is 2.32 bits per heavy atom. The Morgan fingerprint density at radius 2 is 1.64 bits per heavy atom. The third kappa shape index (κ3) is 2.98. The van der Waals surface area contributed by atoms with Crippen LogP contribution < -0.4 is 5.69 Å². The van der Waals surface area contributed by atoms with Crippen molar-refractivity contribution in [2.24, 2.45) is 0 Å². The fourth-order valence-electron chi connectivity index (χ4n) is 4.02. The highest BCUT2D eigenvalue weighted by atomic mass is 16.4. The summed E-state index contributed by atoms with van der Waals surface area (Å²) in [5, 5.41) is 9.88. The van der Waals surface area contributed by atoms with E-state index < -0.39 is 11.4 Å². The number of rotatable bonds is 4. The number of aromatic nitrogens is 2. The number of nitrogens with one attached hydrogen (secondary N) is 1. The molecule has 4 rings (SSSR count). The lowest BCUT2D eigenvalue weighted by atomic mass is 9.73. The fourth-order valence-corrected chi connectivity index (χ4v) is 4.02. The summed E-state index contributed by atoms with van der Waals surface area (Å²) in [6.07, 6.45) is 0.696. The van der Waals surface area contributed by atoms with E-state index in [2.05, 4.69) is 4.98 Å². The largest absolute Gasteiger partial charge is 0.481 e. The summed E-state index contributed by atoms with van der Waals surface area (Å²) in [6, 6.07) is 16.4. The van der Waals surface area contributed by atoms with Crippen LogP contribution >= 0.6 is 0 Å². The summed E-state index contributed by atoms with van der Waals surface area (Å²) in [7, 11) is 0. The Balaban J connectivity index is 1.52. The number of benzene rings is 2. The Morgan fingerprint density at radius 1 is 1.00 bits per heavy atom. The van der Waals surface area contributed by atoms with Crippen molar-refractivity contribution >= 4 is 22.9 Å². The van der Waals surface area contributed by atoms with E-state index in [1.807, 2.05) is 42.5 Å². The van der Waals surface area contributed by atoms with E-state index in [-0.39, 0.29) is 18.1 Å². The van der Waals surface area contributed by atoms with Crippen molar-refractivity contribution in [1.29, 1.82) is 0 Å².